The molecule has 0 aliphatic carbocycles. The van der Waals surface area contributed by atoms with Crippen molar-refractivity contribution in [2.45, 2.75) is 18.4 Å². The van der Waals surface area contributed by atoms with Gasteiger partial charge in [-0.2, -0.15) is 0 Å². The first-order valence-corrected chi connectivity index (χ1v) is 11.8. The van der Waals surface area contributed by atoms with Gasteiger partial charge in [0.15, 0.2) is 11.5 Å². The molecule has 0 radical (unpaired) electrons. The van der Waals surface area contributed by atoms with Gasteiger partial charge in [0.05, 0.1) is 16.4 Å². The molecule has 1 aliphatic rings. The van der Waals surface area contributed by atoms with E-state index < -0.39 is 0 Å². The summed E-state index contributed by atoms with van der Waals surface area (Å²) in [5, 5.41) is 5.92. The van der Waals surface area contributed by atoms with Crippen molar-refractivity contribution >= 4 is 40.8 Å². The van der Waals surface area contributed by atoms with E-state index in [2.05, 4.69) is 10.3 Å². The number of aromatic nitrogens is 1. The number of para-hydroxylation sites is 1. The number of thioether (sulfide) groups is 1. The van der Waals surface area contributed by atoms with Gasteiger partial charge in [0, 0.05) is 28.0 Å². The first kappa shape index (κ1) is 21.3. The van der Waals surface area contributed by atoms with Crippen molar-refractivity contribution in [1.82, 2.24) is 4.98 Å². The molecule has 0 bridgehead atoms. The average molecular weight is 455 g/mol. The van der Waals surface area contributed by atoms with E-state index in [4.69, 9.17) is 14.2 Å². The molecule has 0 unspecified atom stereocenters. The van der Waals surface area contributed by atoms with Gasteiger partial charge < -0.3 is 19.5 Å². The fourth-order valence-corrected chi connectivity index (χ4v) is 4.20. The van der Waals surface area contributed by atoms with Crippen LogP contribution in [-0.2, 0) is 11.4 Å². The van der Waals surface area contributed by atoms with Crippen LogP contribution in [0.5, 0.6) is 17.2 Å². The molecular formula is C23H22N2O4S2. The third-order valence-corrected chi connectivity index (χ3v) is 6.10. The minimum absolute atomic E-state index is 0.239. The predicted octanol–water partition coefficient (Wildman–Crippen LogP) is 5.18. The Balaban J connectivity index is 1.45. The van der Waals surface area contributed by atoms with Gasteiger partial charge in [-0.05, 0) is 31.4 Å². The van der Waals surface area contributed by atoms with Gasteiger partial charge in [-0.1, -0.05) is 18.2 Å². The molecule has 0 saturated heterocycles. The molecule has 0 spiro atoms. The van der Waals surface area contributed by atoms with Crippen molar-refractivity contribution < 1.29 is 19.0 Å². The number of anilines is 1. The van der Waals surface area contributed by atoms with Crippen LogP contribution in [0.3, 0.4) is 0 Å². The Bertz CT molecular complexity index is 1110. The summed E-state index contributed by atoms with van der Waals surface area (Å²) in [6.07, 6.45) is 5.19. The quantitative estimate of drug-likeness (QED) is 0.392. The summed E-state index contributed by atoms with van der Waals surface area (Å²) in [6, 6.07) is 11.3. The molecule has 3 aromatic rings. The van der Waals surface area contributed by atoms with Crippen molar-refractivity contribution in [3.63, 3.8) is 0 Å². The number of carbonyl (C=O) groups is 1. The SMILES string of the molecule is CSc1cc2c(cc1NC(=O)/C=C/c1ccccc1OCc1csc(C)n1)OCCO2. The maximum Gasteiger partial charge on any atom is 0.248 e. The van der Waals surface area contributed by atoms with Gasteiger partial charge >= 0.3 is 0 Å². The van der Waals surface area contributed by atoms with Gasteiger partial charge in [0.1, 0.15) is 25.6 Å². The number of amides is 1. The van der Waals surface area contributed by atoms with Crippen LogP contribution in [-0.4, -0.2) is 30.4 Å². The van der Waals surface area contributed by atoms with E-state index in [1.165, 1.54) is 17.8 Å². The molecule has 0 fully saturated rings. The molecule has 6 nitrogen and oxygen atoms in total. The van der Waals surface area contributed by atoms with Crippen LogP contribution in [0.25, 0.3) is 6.08 Å². The molecule has 160 valence electrons. The van der Waals surface area contributed by atoms with E-state index in [0.29, 0.717) is 42.8 Å². The molecule has 2 heterocycles. The normalized spacial score (nSPS) is 12.7. The van der Waals surface area contributed by atoms with Gasteiger partial charge in [-0.15, -0.1) is 23.1 Å². The second kappa shape index (κ2) is 9.89. The maximum absolute atomic E-state index is 12.6. The highest BCUT2D eigenvalue weighted by Gasteiger charge is 2.16. The van der Waals surface area contributed by atoms with E-state index in [0.717, 1.165) is 21.2 Å². The number of nitrogens with one attached hydrogen (secondary N) is 1. The lowest BCUT2D eigenvalue weighted by Crippen LogP contribution is -2.16. The third-order valence-electron chi connectivity index (χ3n) is 4.50. The summed E-state index contributed by atoms with van der Waals surface area (Å²) in [6.45, 7) is 3.37. The van der Waals surface area contributed by atoms with Crippen molar-refractivity contribution in [2.75, 3.05) is 24.8 Å². The highest BCUT2D eigenvalue weighted by molar-refractivity contribution is 7.98. The van der Waals surface area contributed by atoms with Gasteiger partial charge in [0.25, 0.3) is 0 Å². The van der Waals surface area contributed by atoms with Crippen molar-refractivity contribution in [3.8, 4) is 17.2 Å². The van der Waals surface area contributed by atoms with Crippen LogP contribution < -0.4 is 19.5 Å². The molecule has 0 saturated carbocycles. The maximum atomic E-state index is 12.6. The van der Waals surface area contributed by atoms with Crippen LogP contribution in [0.1, 0.15) is 16.3 Å². The molecule has 2 aromatic carbocycles. The highest BCUT2D eigenvalue weighted by Crippen LogP contribution is 2.39. The largest absolute Gasteiger partial charge is 0.487 e. The van der Waals surface area contributed by atoms with Gasteiger partial charge in [-0.3, -0.25) is 4.79 Å². The molecule has 1 aliphatic heterocycles. The molecule has 0 atom stereocenters. The fraction of sp³-hybridized carbons (Fsp3) is 0.217. The monoisotopic (exact) mass is 454 g/mol. The van der Waals surface area contributed by atoms with Crippen LogP contribution in [0.2, 0.25) is 0 Å². The molecule has 31 heavy (non-hydrogen) atoms. The van der Waals surface area contributed by atoms with Crippen LogP contribution >= 0.6 is 23.1 Å². The Morgan fingerprint density at radius 3 is 2.77 bits per heavy atom. The van der Waals surface area contributed by atoms with E-state index >= 15 is 0 Å². The van der Waals surface area contributed by atoms with E-state index in [1.807, 2.05) is 48.9 Å². The predicted molar refractivity (Wildman–Crippen MR) is 125 cm³/mol. The molecule has 1 amide bonds. The summed E-state index contributed by atoms with van der Waals surface area (Å²) >= 11 is 3.13. The van der Waals surface area contributed by atoms with Gasteiger partial charge in [-0.25, -0.2) is 4.98 Å². The molecule has 8 heteroatoms. The molecule has 4 rings (SSSR count). The number of ether oxygens (including phenoxy) is 3. The van der Waals surface area contributed by atoms with E-state index in [-0.39, 0.29) is 5.91 Å². The standard InChI is InChI=1S/C23H22N2O4S2/c1-15-24-17(14-31-15)13-29-19-6-4-3-5-16(19)7-8-23(26)25-18-11-20-21(12-22(18)30-2)28-10-9-27-20/h3-8,11-12,14H,9-10,13H2,1-2H3,(H,25,26)/b8-7+. The molecule has 1 aromatic heterocycles. The van der Waals surface area contributed by atoms with Crippen molar-refractivity contribution in [3.05, 3.63) is 64.1 Å². The lowest BCUT2D eigenvalue weighted by atomic mass is 10.2. The first-order valence-electron chi connectivity index (χ1n) is 9.72. The number of fused-ring (bicyclic) bond motifs is 1. The van der Waals surface area contributed by atoms with Crippen molar-refractivity contribution in [2.24, 2.45) is 0 Å². The highest BCUT2D eigenvalue weighted by atomic mass is 32.2. The number of thiazole rings is 1. The minimum Gasteiger partial charge on any atom is -0.487 e. The minimum atomic E-state index is -0.239. The average Bonchev–Trinajstić information content (AvgIpc) is 3.21. The van der Waals surface area contributed by atoms with Crippen LogP contribution in [0.4, 0.5) is 5.69 Å². The summed E-state index contributed by atoms with van der Waals surface area (Å²) in [5.41, 5.74) is 2.40. The molecule has 1 N–H and O–H groups in total. The van der Waals surface area contributed by atoms with Crippen molar-refractivity contribution in [1.29, 1.82) is 0 Å². The summed E-state index contributed by atoms with van der Waals surface area (Å²) in [5.74, 6) is 1.79. The van der Waals surface area contributed by atoms with Crippen LogP contribution in [0, 0.1) is 6.92 Å². The first-order chi connectivity index (χ1) is 15.1. The summed E-state index contributed by atoms with van der Waals surface area (Å²) < 4.78 is 17.2. The van der Waals surface area contributed by atoms with Crippen LogP contribution in [0.15, 0.2) is 52.7 Å². The molecular weight excluding hydrogens is 432 g/mol. The lowest BCUT2D eigenvalue weighted by molar-refractivity contribution is -0.111. The van der Waals surface area contributed by atoms with E-state index in [1.54, 1.807) is 23.5 Å². The number of nitrogens with zero attached hydrogens (tertiary/aromatic N) is 1. The lowest BCUT2D eigenvalue weighted by Gasteiger charge is -2.20. The second-order valence-corrected chi connectivity index (χ2v) is 8.61. The Labute approximate surface area is 189 Å². The Kier molecular flexibility index (Phi) is 6.79. The number of rotatable bonds is 7. The topological polar surface area (TPSA) is 69.7 Å². The van der Waals surface area contributed by atoms with E-state index in [9.17, 15) is 4.79 Å². The number of carbonyl (C=O) groups excluding carboxylic acids is 1. The number of hydrogen-bond donors (Lipinski definition) is 1. The second-order valence-electron chi connectivity index (χ2n) is 6.70. The zero-order valence-electron chi connectivity index (χ0n) is 17.2. The summed E-state index contributed by atoms with van der Waals surface area (Å²) in [4.78, 5) is 17.9. The zero-order chi connectivity index (χ0) is 21.6. The number of hydrogen-bond acceptors (Lipinski definition) is 7. The summed E-state index contributed by atoms with van der Waals surface area (Å²) in [7, 11) is 0. The Morgan fingerprint density at radius 2 is 2.03 bits per heavy atom. The fourth-order valence-electron chi connectivity index (χ4n) is 3.05. The Hall–Kier alpha value is -2.97. The smallest absolute Gasteiger partial charge is 0.248 e. The third kappa shape index (κ3) is 5.39. The number of benzene rings is 2. The van der Waals surface area contributed by atoms with Gasteiger partial charge in [0.2, 0.25) is 5.91 Å². The number of aryl methyl sites for hydroxylation is 1. The Morgan fingerprint density at radius 1 is 1.26 bits per heavy atom. The zero-order valence-corrected chi connectivity index (χ0v) is 18.8.